The van der Waals surface area contributed by atoms with Gasteiger partial charge in [-0.05, 0) is 39.5 Å². The second kappa shape index (κ2) is 5.83. The highest BCUT2D eigenvalue weighted by Gasteiger charge is 2.28. The molecule has 0 amide bonds. The summed E-state index contributed by atoms with van der Waals surface area (Å²) in [5, 5.41) is 16.3. The van der Waals surface area contributed by atoms with Crippen LogP contribution in [0.15, 0.2) is 9.95 Å². The molecule has 1 fully saturated rings. The van der Waals surface area contributed by atoms with Crippen molar-refractivity contribution in [2.75, 3.05) is 5.75 Å². The van der Waals surface area contributed by atoms with E-state index in [0.717, 1.165) is 43.0 Å². The van der Waals surface area contributed by atoms with Crippen molar-refractivity contribution in [3.05, 3.63) is 10.5 Å². The summed E-state index contributed by atoms with van der Waals surface area (Å²) in [4.78, 5) is 11.6. The predicted molar refractivity (Wildman–Crippen MR) is 75.1 cm³/mol. The van der Waals surface area contributed by atoms with E-state index in [0.29, 0.717) is 6.04 Å². The number of nitrogens with zero attached hydrogens (tertiary/aromatic N) is 3. The first-order chi connectivity index (χ1) is 9.03. The smallest absolute Gasteiger partial charge is 0.267 e. The Kier molecular flexibility index (Phi) is 4.35. The summed E-state index contributed by atoms with van der Waals surface area (Å²) in [6.07, 6.45) is 5.17. The average Bonchev–Trinajstić information content (AvgIpc) is 3.14. The summed E-state index contributed by atoms with van der Waals surface area (Å²) in [6, 6.07) is 2.68. The van der Waals surface area contributed by atoms with Gasteiger partial charge < -0.3 is 0 Å². The molecule has 0 spiro atoms. The van der Waals surface area contributed by atoms with E-state index in [2.05, 4.69) is 16.3 Å². The third-order valence-electron chi connectivity index (χ3n) is 3.31. The van der Waals surface area contributed by atoms with Gasteiger partial charge in [0.25, 0.3) is 0 Å². The summed E-state index contributed by atoms with van der Waals surface area (Å²) >= 11 is 1.63. The van der Waals surface area contributed by atoms with Crippen LogP contribution < -0.4 is 5.69 Å². The van der Waals surface area contributed by atoms with Gasteiger partial charge in [0.1, 0.15) is 0 Å². The summed E-state index contributed by atoms with van der Waals surface area (Å²) in [5.41, 5.74) is -0.316. The zero-order valence-electron chi connectivity index (χ0n) is 11.5. The number of H-pyrrole nitrogens is 1. The van der Waals surface area contributed by atoms with Crippen LogP contribution in [0.4, 0.5) is 0 Å². The lowest BCUT2D eigenvalue weighted by Crippen LogP contribution is -2.16. The quantitative estimate of drug-likeness (QED) is 0.615. The van der Waals surface area contributed by atoms with Crippen molar-refractivity contribution in [2.45, 2.75) is 57.1 Å². The summed E-state index contributed by atoms with van der Waals surface area (Å²) < 4.78 is 1.78. The van der Waals surface area contributed by atoms with Gasteiger partial charge in [-0.25, -0.2) is 9.89 Å². The zero-order valence-corrected chi connectivity index (χ0v) is 12.3. The fraction of sp³-hybridized carbons (Fsp3) is 0.769. The van der Waals surface area contributed by atoms with Crippen LogP contribution in [0.1, 0.15) is 52.0 Å². The third-order valence-corrected chi connectivity index (χ3v) is 4.35. The van der Waals surface area contributed by atoms with Gasteiger partial charge >= 0.3 is 5.69 Å². The minimum absolute atomic E-state index is 0.0874. The molecule has 0 aliphatic heterocycles. The highest BCUT2D eigenvalue weighted by Crippen LogP contribution is 2.36. The van der Waals surface area contributed by atoms with Crippen LogP contribution in [0, 0.1) is 16.7 Å². The number of thioether (sulfide) groups is 1. The lowest BCUT2D eigenvalue weighted by Gasteiger charge is -2.13. The Bertz CT molecular complexity index is 521. The second-order valence-electron chi connectivity index (χ2n) is 5.71. The van der Waals surface area contributed by atoms with E-state index in [9.17, 15) is 4.79 Å². The lowest BCUT2D eigenvalue weighted by molar-refractivity contribution is 0.433. The van der Waals surface area contributed by atoms with Crippen molar-refractivity contribution in [3.8, 4) is 6.07 Å². The van der Waals surface area contributed by atoms with Crippen molar-refractivity contribution >= 4 is 11.8 Å². The predicted octanol–water partition coefficient (Wildman–Crippen LogP) is 2.72. The Morgan fingerprint density at radius 2 is 2.26 bits per heavy atom. The molecule has 0 unspecified atom stereocenters. The van der Waals surface area contributed by atoms with Crippen molar-refractivity contribution in [2.24, 2.45) is 5.41 Å². The fourth-order valence-electron chi connectivity index (χ4n) is 1.94. The maximum Gasteiger partial charge on any atom is 0.344 e. The zero-order chi connectivity index (χ0) is 13.9. The van der Waals surface area contributed by atoms with E-state index in [1.807, 2.05) is 13.8 Å². The van der Waals surface area contributed by atoms with Gasteiger partial charge in [0.15, 0.2) is 5.16 Å². The summed E-state index contributed by atoms with van der Waals surface area (Å²) in [6.45, 7) is 3.94. The largest absolute Gasteiger partial charge is 0.344 e. The van der Waals surface area contributed by atoms with Crippen LogP contribution in [0.2, 0.25) is 0 Å². The van der Waals surface area contributed by atoms with Gasteiger partial charge in [0.05, 0.1) is 11.5 Å². The van der Waals surface area contributed by atoms with Crippen molar-refractivity contribution in [1.29, 1.82) is 5.26 Å². The normalized spacial score (nSPS) is 15.4. The van der Waals surface area contributed by atoms with Crippen LogP contribution >= 0.6 is 11.8 Å². The molecular formula is C13H20N4OS. The van der Waals surface area contributed by atoms with Crippen LogP contribution in [0.25, 0.3) is 0 Å². The number of nitrogens with one attached hydrogen (secondary N) is 1. The van der Waals surface area contributed by atoms with Crippen LogP contribution in [0.5, 0.6) is 0 Å². The van der Waals surface area contributed by atoms with E-state index in [4.69, 9.17) is 5.26 Å². The van der Waals surface area contributed by atoms with Crippen LogP contribution in [-0.4, -0.2) is 20.5 Å². The Hall–Kier alpha value is -1.22. The minimum Gasteiger partial charge on any atom is -0.267 e. The molecule has 0 saturated heterocycles. The number of rotatable bonds is 7. The monoisotopic (exact) mass is 280 g/mol. The molecule has 0 atom stereocenters. The molecule has 1 heterocycles. The first kappa shape index (κ1) is 14.2. The molecule has 2 rings (SSSR count). The Labute approximate surface area is 117 Å². The molecule has 1 aliphatic rings. The Morgan fingerprint density at radius 3 is 2.89 bits per heavy atom. The topological polar surface area (TPSA) is 74.5 Å². The highest BCUT2D eigenvalue weighted by atomic mass is 32.2. The maximum atomic E-state index is 11.6. The van der Waals surface area contributed by atoms with Gasteiger partial charge in [-0.2, -0.15) is 5.26 Å². The maximum absolute atomic E-state index is 11.6. The Balaban J connectivity index is 1.75. The van der Waals surface area contributed by atoms with E-state index < -0.39 is 0 Å². The number of aromatic nitrogens is 3. The molecule has 1 aromatic rings. The average molecular weight is 280 g/mol. The highest BCUT2D eigenvalue weighted by molar-refractivity contribution is 7.99. The minimum atomic E-state index is -0.229. The van der Waals surface area contributed by atoms with Crippen molar-refractivity contribution < 1.29 is 0 Å². The molecule has 0 bridgehead atoms. The fourth-order valence-corrected chi connectivity index (χ4v) is 2.95. The third kappa shape index (κ3) is 3.87. The van der Waals surface area contributed by atoms with Gasteiger partial charge in [0, 0.05) is 11.8 Å². The van der Waals surface area contributed by atoms with Crippen molar-refractivity contribution in [1.82, 2.24) is 14.8 Å². The number of unbranched alkanes of at least 4 members (excludes halogenated alkanes) is 1. The summed E-state index contributed by atoms with van der Waals surface area (Å²) in [5.74, 6) is 0.943. The SMILES string of the molecule is CC(C)(C#N)CCCCSc1n[nH]c(=O)n1C1CC1. The lowest BCUT2D eigenvalue weighted by atomic mass is 9.89. The van der Waals surface area contributed by atoms with E-state index >= 15 is 0 Å². The first-order valence-corrected chi connectivity index (χ1v) is 7.73. The van der Waals surface area contributed by atoms with Crippen molar-refractivity contribution in [3.63, 3.8) is 0 Å². The molecule has 1 aliphatic carbocycles. The second-order valence-corrected chi connectivity index (χ2v) is 6.78. The molecule has 104 valence electrons. The van der Waals surface area contributed by atoms with Crippen LogP contribution in [-0.2, 0) is 0 Å². The molecule has 5 nitrogen and oxygen atoms in total. The van der Waals surface area contributed by atoms with E-state index in [1.165, 1.54) is 0 Å². The molecule has 0 aromatic carbocycles. The molecule has 1 saturated carbocycles. The molecule has 19 heavy (non-hydrogen) atoms. The van der Waals surface area contributed by atoms with E-state index in [1.54, 1.807) is 16.3 Å². The van der Waals surface area contributed by atoms with Gasteiger partial charge in [-0.1, -0.05) is 18.2 Å². The molecule has 1 N–H and O–H groups in total. The van der Waals surface area contributed by atoms with Gasteiger partial charge in [-0.15, -0.1) is 5.10 Å². The number of hydrogen-bond acceptors (Lipinski definition) is 4. The number of nitriles is 1. The molecule has 6 heteroatoms. The number of hydrogen-bond donors (Lipinski definition) is 1. The molecular weight excluding hydrogens is 260 g/mol. The first-order valence-electron chi connectivity index (χ1n) is 6.74. The Morgan fingerprint density at radius 1 is 1.53 bits per heavy atom. The molecule has 1 aromatic heterocycles. The van der Waals surface area contributed by atoms with Gasteiger partial charge in [0.2, 0.25) is 0 Å². The van der Waals surface area contributed by atoms with Gasteiger partial charge in [-0.3, -0.25) is 4.57 Å². The standard InChI is InChI=1S/C13H20N4OS/c1-13(2,9-14)7-3-4-8-19-12-16-15-11(18)17(12)10-5-6-10/h10H,3-8H2,1-2H3,(H,15,18). The van der Waals surface area contributed by atoms with Crippen LogP contribution in [0.3, 0.4) is 0 Å². The molecule has 0 radical (unpaired) electrons. The number of aromatic amines is 1. The van der Waals surface area contributed by atoms with E-state index in [-0.39, 0.29) is 11.1 Å². The summed E-state index contributed by atoms with van der Waals surface area (Å²) in [7, 11) is 0.